The van der Waals surface area contributed by atoms with E-state index < -0.39 is 0 Å². The molecule has 0 radical (unpaired) electrons. The Morgan fingerprint density at radius 2 is 1.95 bits per heavy atom. The summed E-state index contributed by atoms with van der Waals surface area (Å²) < 4.78 is 0. The maximum atomic E-state index is 3.68. The monoisotopic (exact) mass is 260 g/mol. The van der Waals surface area contributed by atoms with E-state index in [1.807, 2.05) is 0 Å². The van der Waals surface area contributed by atoms with Crippen LogP contribution in [0.5, 0.6) is 0 Å². The van der Waals surface area contributed by atoms with E-state index in [9.17, 15) is 0 Å². The lowest BCUT2D eigenvalue weighted by atomic mass is 9.92. The third-order valence-electron chi connectivity index (χ3n) is 3.86. The van der Waals surface area contributed by atoms with Gasteiger partial charge in [-0.2, -0.15) is 0 Å². The third kappa shape index (κ3) is 4.96. The third-order valence-corrected chi connectivity index (χ3v) is 3.86. The van der Waals surface area contributed by atoms with Gasteiger partial charge in [0.15, 0.2) is 0 Å². The van der Waals surface area contributed by atoms with E-state index >= 15 is 0 Å². The number of rotatable bonds is 3. The van der Waals surface area contributed by atoms with Crippen molar-refractivity contribution in [3.8, 4) is 0 Å². The van der Waals surface area contributed by atoms with Gasteiger partial charge in [-0.15, -0.1) is 0 Å². The molecule has 1 aromatic rings. The molecule has 1 saturated heterocycles. The number of nitrogens with one attached hydrogen (secondary N) is 1. The molecule has 1 aliphatic heterocycles. The summed E-state index contributed by atoms with van der Waals surface area (Å²) in [5.74, 6) is 0. The molecule has 2 rings (SSSR count). The molecular weight excluding hydrogens is 232 g/mol. The van der Waals surface area contributed by atoms with Gasteiger partial charge in [0.25, 0.3) is 0 Å². The molecule has 1 aliphatic rings. The highest BCUT2D eigenvalue weighted by molar-refractivity contribution is 5.19. The van der Waals surface area contributed by atoms with Crippen LogP contribution in [0.1, 0.15) is 45.2 Å². The first-order chi connectivity index (χ1) is 9.04. The Kier molecular flexibility index (Phi) is 5.00. The number of nitrogens with zero attached hydrogens (tertiary/aromatic N) is 1. The van der Waals surface area contributed by atoms with E-state index in [0.29, 0.717) is 11.5 Å². The Morgan fingerprint density at radius 1 is 1.21 bits per heavy atom. The minimum Gasteiger partial charge on any atom is -0.309 e. The smallest absolute Gasteiger partial charge is 0.0449 e. The average molecular weight is 260 g/mol. The molecule has 106 valence electrons. The lowest BCUT2D eigenvalue weighted by molar-refractivity contribution is 0.224. The molecule has 2 nitrogen and oxygen atoms in total. The van der Waals surface area contributed by atoms with Gasteiger partial charge < -0.3 is 10.2 Å². The van der Waals surface area contributed by atoms with Crippen molar-refractivity contribution in [3.05, 3.63) is 35.9 Å². The van der Waals surface area contributed by atoms with E-state index in [1.54, 1.807) is 0 Å². The summed E-state index contributed by atoms with van der Waals surface area (Å²) in [5.41, 5.74) is 1.85. The Hall–Kier alpha value is -0.860. The van der Waals surface area contributed by atoms with Crippen molar-refractivity contribution in [2.75, 3.05) is 26.2 Å². The SMILES string of the molecule is CC(C)(C)CCN1CCCNC(c2ccccc2)C1. The van der Waals surface area contributed by atoms with Crippen LogP contribution in [0.4, 0.5) is 0 Å². The van der Waals surface area contributed by atoms with Crippen molar-refractivity contribution in [2.24, 2.45) is 5.41 Å². The normalized spacial score (nSPS) is 22.2. The Balaban J connectivity index is 1.95. The lowest BCUT2D eigenvalue weighted by Crippen LogP contribution is -2.33. The van der Waals surface area contributed by atoms with Crippen LogP contribution < -0.4 is 5.32 Å². The first-order valence-electron chi connectivity index (χ1n) is 7.55. The second kappa shape index (κ2) is 6.53. The van der Waals surface area contributed by atoms with Crippen LogP contribution in [-0.4, -0.2) is 31.1 Å². The Bertz CT molecular complexity index is 367. The van der Waals surface area contributed by atoms with Gasteiger partial charge in [-0.05, 0) is 43.5 Å². The van der Waals surface area contributed by atoms with Crippen molar-refractivity contribution >= 4 is 0 Å². The summed E-state index contributed by atoms with van der Waals surface area (Å²) in [4.78, 5) is 2.63. The molecule has 1 atom stereocenters. The predicted octanol–water partition coefficient (Wildman–Crippen LogP) is 3.46. The van der Waals surface area contributed by atoms with Crippen LogP contribution in [0.15, 0.2) is 30.3 Å². The second-order valence-corrected chi connectivity index (χ2v) is 6.88. The second-order valence-electron chi connectivity index (χ2n) is 6.88. The van der Waals surface area contributed by atoms with Crippen molar-refractivity contribution in [1.82, 2.24) is 10.2 Å². The van der Waals surface area contributed by atoms with E-state index in [2.05, 4.69) is 61.3 Å². The number of benzene rings is 1. The van der Waals surface area contributed by atoms with Gasteiger partial charge in [-0.3, -0.25) is 0 Å². The van der Waals surface area contributed by atoms with E-state index in [-0.39, 0.29) is 0 Å². The molecule has 1 fully saturated rings. The largest absolute Gasteiger partial charge is 0.309 e. The summed E-state index contributed by atoms with van der Waals surface area (Å²) in [6.45, 7) is 11.7. The highest BCUT2D eigenvalue weighted by Gasteiger charge is 2.20. The average Bonchev–Trinajstić information content (AvgIpc) is 2.62. The van der Waals surface area contributed by atoms with Crippen LogP contribution in [0.2, 0.25) is 0 Å². The van der Waals surface area contributed by atoms with E-state index in [4.69, 9.17) is 0 Å². The number of hydrogen-bond acceptors (Lipinski definition) is 2. The predicted molar refractivity (Wildman–Crippen MR) is 82.3 cm³/mol. The van der Waals surface area contributed by atoms with Crippen LogP contribution >= 0.6 is 0 Å². The molecule has 0 amide bonds. The topological polar surface area (TPSA) is 15.3 Å². The molecule has 1 unspecified atom stereocenters. The molecule has 2 heteroatoms. The summed E-state index contributed by atoms with van der Waals surface area (Å²) in [6, 6.07) is 11.3. The zero-order valence-electron chi connectivity index (χ0n) is 12.7. The molecule has 1 aromatic carbocycles. The molecule has 0 spiro atoms. The standard InChI is InChI=1S/C17H28N2/c1-17(2,3)10-13-19-12-7-11-18-16(14-19)15-8-5-4-6-9-15/h4-6,8-9,16,18H,7,10-14H2,1-3H3. The van der Waals surface area contributed by atoms with Crippen molar-refractivity contribution in [2.45, 2.75) is 39.7 Å². The van der Waals surface area contributed by atoms with Crippen molar-refractivity contribution in [3.63, 3.8) is 0 Å². The van der Waals surface area contributed by atoms with Crippen LogP contribution in [0.3, 0.4) is 0 Å². The summed E-state index contributed by atoms with van der Waals surface area (Å²) in [6.07, 6.45) is 2.53. The molecule has 19 heavy (non-hydrogen) atoms. The van der Waals surface area contributed by atoms with E-state index in [1.165, 1.54) is 31.5 Å². The maximum Gasteiger partial charge on any atom is 0.0449 e. The summed E-state index contributed by atoms with van der Waals surface area (Å²) in [5, 5.41) is 3.68. The molecule has 0 aliphatic carbocycles. The van der Waals surface area contributed by atoms with Gasteiger partial charge in [0, 0.05) is 12.6 Å². The minimum atomic E-state index is 0.433. The Morgan fingerprint density at radius 3 is 2.63 bits per heavy atom. The first kappa shape index (κ1) is 14.5. The first-order valence-corrected chi connectivity index (χ1v) is 7.55. The highest BCUT2D eigenvalue weighted by atomic mass is 15.2. The molecule has 1 N–H and O–H groups in total. The number of hydrogen-bond donors (Lipinski definition) is 1. The highest BCUT2D eigenvalue weighted by Crippen LogP contribution is 2.21. The van der Waals surface area contributed by atoms with Gasteiger partial charge >= 0.3 is 0 Å². The van der Waals surface area contributed by atoms with Gasteiger partial charge in [0.2, 0.25) is 0 Å². The fourth-order valence-corrected chi connectivity index (χ4v) is 2.60. The van der Waals surface area contributed by atoms with Crippen molar-refractivity contribution < 1.29 is 0 Å². The molecular formula is C17H28N2. The zero-order chi connectivity index (χ0) is 13.7. The van der Waals surface area contributed by atoms with Gasteiger partial charge in [0.05, 0.1) is 0 Å². The molecule has 1 heterocycles. The fraction of sp³-hybridized carbons (Fsp3) is 0.647. The lowest BCUT2D eigenvalue weighted by Gasteiger charge is -2.28. The zero-order valence-corrected chi connectivity index (χ0v) is 12.7. The minimum absolute atomic E-state index is 0.433. The molecule has 0 bridgehead atoms. The molecule has 0 aromatic heterocycles. The van der Waals surface area contributed by atoms with Gasteiger partial charge in [-0.1, -0.05) is 51.1 Å². The summed E-state index contributed by atoms with van der Waals surface area (Å²) >= 11 is 0. The van der Waals surface area contributed by atoms with Crippen molar-refractivity contribution in [1.29, 1.82) is 0 Å². The maximum absolute atomic E-state index is 3.68. The van der Waals surface area contributed by atoms with E-state index in [0.717, 1.165) is 13.1 Å². The van der Waals surface area contributed by atoms with Crippen LogP contribution in [0.25, 0.3) is 0 Å². The quantitative estimate of drug-likeness (QED) is 0.895. The van der Waals surface area contributed by atoms with Crippen LogP contribution in [-0.2, 0) is 0 Å². The summed E-state index contributed by atoms with van der Waals surface area (Å²) in [7, 11) is 0. The fourth-order valence-electron chi connectivity index (χ4n) is 2.60. The van der Waals surface area contributed by atoms with Crippen LogP contribution in [0, 0.1) is 5.41 Å². The van der Waals surface area contributed by atoms with Gasteiger partial charge in [0.1, 0.15) is 0 Å². The molecule has 0 saturated carbocycles. The van der Waals surface area contributed by atoms with Gasteiger partial charge in [-0.25, -0.2) is 0 Å². The Labute approximate surface area is 118 Å².